The van der Waals surface area contributed by atoms with Gasteiger partial charge in [-0.2, -0.15) is 0 Å². The number of rotatable bonds is 4. The van der Waals surface area contributed by atoms with E-state index in [0.717, 1.165) is 54.1 Å². The second-order valence-corrected chi connectivity index (χ2v) is 8.85. The van der Waals surface area contributed by atoms with Crippen LogP contribution in [0.5, 0.6) is 0 Å². The number of thiazole rings is 1. The average Bonchev–Trinajstić information content (AvgIpc) is 3.17. The molecule has 9 heteroatoms. The number of amides is 2. The molecule has 30 heavy (non-hydrogen) atoms. The monoisotopic (exact) mass is 434 g/mol. The van der Waals surface area contributed by atoms with Gasteiger partial charge in [-0.3, -0.25) is 4.79 Å². The van der Waals surface area contributed by atoms with Crippen molar-refractivity contribution < 1.29 is 18.7 Å². The lowest BCUT2D eigenvalue weighted by atomic mass is 9.95. The number of likely N-dealkylation sites (tertiary alicyclic amines) is 1. The van der Waals surface area contributed by atoms with Gasteiger partial charge in [-0.15, -0.1) is 0 Å². The van der Waals surface area contributed by atoms with Crippen LogP contribution < -0.4 is 10.2 Å². The summed E-state index contributed by atoms with van der Waals surface area (Å²) in [6.07, 6.45) is 2.79. The smallest absolute Gasteiger partial charge is 0.409 e. The van der Waals surface area contributed by atoms with E-state index in [4.69, 9.17) is 4.74 Å². The van der Waals surface area contributed by atoms with Gasteiger partial charge in [0.05, 0.1) is 16.8 Å². The number of halogens is 1. The van der Waals surface area contributed by atoms with E-state index in [0.29, 0.717) is 19.7 Å². The van der Waals surface area contributed by atoms with Gasteiger partial charge >= 0.3 is 6.09 Å². The zero-order valence-corrected chi connectivity index (χ0v) is 17.9. The lowest BCUT2D eigenvalue weighted by molar-refractivity contribution is -0.126. The predicted molar refractivity (Wildman–Crippen MR) is 114 cm³/mol. The van der Waals surface area contributed by atoms with E-state index in [9.17, 15) is 14.0 Å². The van der Waals surface area contributed by atoms with Crippen LogP contribution in [-0.4, -0.2) is 60.7 Å². The van der Waals surface area contributed by atoms with E-state index in [1.165, 1.54) is 23.5 Å². The minimum absolute atomic E-state index is 0.00356. The number of hydrogen-bond acceptors (Lipinski definition) is 6. The number of hydrogen-bond donors (Lipinski definition) is 1. The molecule has 2 aliphatic rings. The number of aromatic nitrogens is 1. The standard InChI is InChI=1S/C21H27FN4O3S/c1-2-29-21(28)26-11-7-16(8-12-26)23-19(27)14-5-9-25(10-6-14)20-24-17-4-3-15(22)13-18(17)30-20/h3-4,13-14,16H,2,5-12H2,1H3,(H,23,27). The highest BCUT2D eigenvalue weighted by atomic mass is 32.1. The van der Waals surface area contributed by atoms with Crippen molar-refractivity contribution >= 4 is 38.7 Å². The highest BCUT2D eigenvalue weighted by molar-refractivity contribution is 7.22. The van der Waals surface area contributed by atoms with Gasteiger partial charge < -0.3 is 19.9 Å². The summed E-state index contributed by atoms with van der Waals surface area (Å²) in [6.45, 7) is 4.93. The number of nitrogens with one attached hydrogen (secondary N) is 1. The Bertz CT molecular complexity index is 905. The molecule has 1 aromatic carbocycles. The molecule has 0 bridgehead atoms. The van der Waals surface area contributed by atoms with Gasteiger partial charge in [0.25, 0.3) is 0 Å². The van der Waals surface area contributed by atoms with Crippen molar-refractivity contribution in [1.82, 2.24) is 15.2 Å². The molecule has 1 aromatic heterocycles. The highest BCUT2D eigenvalue weighted by Crippen LogP contribution is 2.32. The van der Waals surface area contributed by atoms with Gasteiger partial charge in [0.1, 0.15) is 5.82 Å². The second-order valence-electron chi connectivity index (χ2n) is 7.84. The van der Waals surface area contributed by atoms with Gasteiger partial charge in [-0.25, -0.2) is 14.2 Å². The molecule has 1 N–H and O–H groups in total. The Balaban J connectivity index is 1.25. The summed E-state index contributed by atoms with van der Waals surface area (Å²) in [6, 6.07) is 4.77. The summed E-state index contributed by atoms with van der Waals surface area (Å²) in [5, 5.41) is 4.06. The largest absolute Gasteiger partial charge is 0.450 e. The van der Waals surface area contributed by atoms with Crippen molar-refractivity contribution in [3.8, 4) is 0 Å². The van der Waals surface area contributed by atoms with E-state index in [2.05, 4.69) is 15.2 Å². The van der Waals surface area contributed by atoms with E-state index in [1.54, 1.807) is 17.9 Å². The zero-order valence-electron chi connectivity index (χ0n) is 17.1. The maximum absolute atomic E-state index is 13.4. The molecule has 0 unspecified atom stereocenters. The van der Waals surface area contributed by atoms with Crippen LogP contribution in [0.15, 0.2) is 18.2 Å². The van der Waals surface area contributed by atoms with Crippen molar-refractivity contribution in [2.75, 3.05) is 37.7 Å². The highest BCUT2D eigenvalue weighted by Gasteiger charge is 2.30. The van der Waals surface area contributed by atoms with E-state index >= 15 is 0 Å². The quantitative estimate of drug-likeness (QED) is 0.799. The van der Waals surface area contributed by atoms with E-state index in [-0.39, 0.29) is 29.8 Å². The third-order valence-electron chi connectivity index (χ3n) is 5.84. The topological polar surface area (TPSA) is 74.8 Å². The van der Waals surface area contributed by atoms with Crippen LogP contribution in [0.25, 0.3) is 10.2 Å². The van der Waals surface area contributed by atoms with Gasteiger partial charge in [-0.1, -0.05) is 11.3 Å². The number of fused-ring (bicyclic) bond motifs is 1. The van der Waals surface area contributed by atoms with Crippen molar-refractivity contribution in [3.63, 3.8) is 0 Å². The van der Waals surface area contributed by atoms with Crippen LogP contribution in [-0.2, 0) is 9.53 Å². The first-order valence-corrected chi connectivity index (χ1v) is 11.4. The molecule has 2 amide bonds. The molecule has 0 radical (unpaired) electrons. The lowest BCUT2D eigenvalue weighted by Crippen LogP contribution is -2.49. The Morgan fingerprint density at radius 2 is 1.93 bits per heavy atom. The summed E-state index contributed by atoms with van der Waals surface area (Å²) in [5.41, 5.74) is 0.811. The second kappa shape index (κ2) is 9.16. The molecular formula is C21H27FN4O3S. The molecule has 0 saturated carbocycles. The molecule has 7 nitrogen and oxygen atoms in total. The Morgan fingerprint density at radius 3 is 2.63 bits per heavy atom. The molecule has 0 atom stereocenters. The zero-order chi connectivity index (χ0) is 21.1. The van der Waals surface area contributed by atoms with Crippen LogP contribution in [0.1, 0.15) is 32.6 Å². The number of anilines is 1. The molecule has 2 fully saturated rings. The molecule has 2 aliphatic heterocycles. The van der Waals surface area contributed by atoms with Crippen molar-refractivity contribution in [2.24, 2.45) is 5.92 Å². The van der Waals surface area contributed by atoms with Gasteiger partial charge in [-0.05, 0) is 50.8 Å². The third kappa shape index (κ3) is 4.66. The molecular weight excluding hydrogens is 407 g/mol. The Kier molecular flexibility index (Phi) is 6.36. The SMILES string of the molecule is CCOC(=O)N1CCC(NC(=O)C2CCN(c3nc4ccc(F)cc4s3)CC2)CC1. The Labute approximate surface area is 179 Å². The van der Waals surface area contributed by atoms with Crippen LogP contribution in [0.4, 0.5) is 14.3 Å². The predicted octanol–water partition coefficient (Wildman–Crippen LogP) is 3.39. The summed E-state index contributed by atoms with van der Waals surface area (Å²) in [5.74, 6) is -0.145. The lowest BCUT2D eigenvalue weighted by Gasteiger charge is -2.34. The number of benzene rings is 1. The number of carbonyl (C=O) groups excluding carboxylic acids is 2. The van der Waals surface area contributed by atoms with Gasteiger partial charge in [0.15, 0.2) is 5.13 Å². The average molecular weight is 435 g/mol. The minimum Gasteiger partial charge on any atom is -0.450 e. The Hall–Kier alpha value is -2.42. The van der Waals surface area contributed by atoms with Crippen LogP contribution in [0.2, 0.25) is 0 Å². The first-order valence-electron chi connectivity index (χ1n) is 10.6. The summed E-state index contributed by atoms with van der Waals surface area (Å²) in [4.78, 5) is 33.0. The number of nitrogens with zero attached hydrogens (tertiary/aromatic N) is 3. The number of piperidine rings is 2. The minimum atomic E-state index is -0.271. The fourth-order valence-electron chi connectivity index (χ4n) is 4.09. The van der Waals surface area contributed by atoms with Crippen molar-refractivity contribution in [2.45, 2.75) is 38.6 Å². The summed E-state index contributed by atoms with van der Waals surface area (Å²) in [7, 11) is 0. The molecule has 162 valence electrons. The molecule has 2 saturated heterocycles. The van der Waals surface area contributed by atoms with Crippen molar-refractivity contribution in [3.05, 3.63) is 24.0 Å². The molecule has 3 heterocycles. The van der Waals surface area contributed by atoms with Crippen LogP contribution in [0, 0.1) is 11.7 Å². The maximum Gasteiger partial charge on any atom is 0.409 e. The molecule has 0 spiro atoms. The molecule has 4 rings (SSSR count). The van der Waals surface area contributed by atoms with Crippen LogP contribution in [0.3, 0.4) is 0 Å². The molecule has 2 aromatic rings. The Morgan fingerprint density at radius 1 is 1.20 bits per heavy atom. The van der Waals surface area contributed by atoms with Gasteiger partial charge in [0, 0.05) is 38.1 Å². The normalized spacial score (nSPS) is 18.6. The number of carbonyl (C=O) groups is 2. The van der Waals surface area contributed by atoms with Crippen molar-refractivity contribution in [1.29, 1.82) is 0 Å². The third-order valence-corrected chi connectivity index (χ3v) is 6.92. The summed E-state index contributed by atoms with van der Waals surface area (Å²) < 4.78 is 19.3. The van der Waals surface area contributed by atoms with Crippen LogP contribution >= 0.6 is 11.3 Å². The maximum atomic E-state index is 13.4. The van der Waals surface area contributed by atoms with E-state index in [1.807, 2.05) is 0 Å². The fraction of sp³-hybridized carbons (Fsp3) is 0.571. The number of ether oxygens (including phenoxy) is 1. The van der Waals surface area contributed by atoms with Gasteiger partial charge in [0.2, 0.25) is 5.91 Å². The summed E-state index contributed by atoms with van der Waals surface area (Å²) >= 11 is 1.49. The van der Waals surface area contributed by atoms with E-state index < -0.39 is 0 Å². The molecule has 0 aliphatic carbocycles. The fourth-order valence-corrected chi connectivity index (χ4v) is 5.14. The first-order chi connectivity index (χ1) is 14.5. The first kappa shape index (κ1) is 20.8.